The van der Waals surface area contributed by atoms with Gasteiger partial charge in [-0.1, -0.05) is 6.07 Å². The Morgan fingerprint density at radius 3 is 2.89 bits per heavy atom. The van der Waals surface area contributed by atoms with Gasteiger partial charge in [0.1, 0.15) is 23.5 Å². The molecule has 8 nitrogen and oxygen atoms in total. The van der Waals surface area contributed by atoms with Crippen LogP contribution in [0.5, 0.6) is 5.88 Å². The van der Waals surface area contributed by atoms with E-state index in [9.17, 15) is 9.90 Å². The van der Waals surface area contributed by atoms with Gasteiger partial charge in [-0.15, -0.1) is 0 Å². The number of hydrogen-bond donors (Lipinski definition) is 2. The van der Waals surface area contributed by atoms with Crippen molar-refractivity contribution in [3.63, 3.8) is 0 Å². The first kappa shape index (κ1) is 16.0. The van der Waals surface area contributed by atoms with Crippen LogP contribution in [0.25, 0.3) is 11.0 Å². The molecule has 0 unspecified atom stereocenters. The first-order valence-electron chi connectivity index (χ1n) is 9.17. The summed E-state index contributed by atoms with van der Waals surface area (Å²) < 4.78 is 0. The van der Waals surface area contributed by atoms with Crippen molar-refractivity contribution in [2.24, 2.45) is 0 Å². The number of amides is 1. The molecule has 2 aliphatic rings. The molecule has 4 heterocycles. The molecule has 0 bridgehead atoms. The van der Waals surface area contributed by atoms with Gasteiger partial charge < -0.3 is 19.9 Å². The number of nitrogens with zero attached hydrogens (tertiary/aromatic N) is 5. The van der Waals surface area contributed by atoms with E-state index in [0.717, 1.165) is 49.2 Å². The summed E-state index contributed by atoms with van der Waals surface area (Å²) in [6, 6.07) is 6.79. The molecular weight excluding hydrogens is 344 g/mol. The Morgan fingerprint density at radius 2 is 2.07 bits per heavy atom. The maximum Gasteiger partial charge on any atom is 0.273 e. The third kappa shape index (κ3) is 2.68. The number of carbonyl (C=O) groups is 1. The molecule has 1 saturated carbocycles. The lowest BCUT2D eigenvalue weighted by atomic mass is 10.1. The Kier molecular flexibility index (Phi) is 3.53. The number of nitrogens with one attached hydrogen (secondary N) is 1. The summed E-state index contributed by atoms with van der Waals surface area (Å²) in [5.41, 5.74) is 0.935. The van der Waals surface area contributed by atoms with Gasteiger partial charge in [-0.2, -0.15) is 0 Å². The predicted octanol–water partition coefficient (Wildman–Crippen LogP) is 1.94. The number of aromatic hydroxyl groups is 1. The van der Waals surface area contributed by atoms with Gasteiger partial charge in [0.2, 0.25) is 5.88 Å². The number of H-pyrrole nitrogens is 1. The molecule has 1 amide bonds. The molecular formula is C19H20N6O2. The third-order valence-corrected chi connectivity index (χ3v) is 5.53. The average Bonchev–Trinajstić information content (AvgIpc) is 3.34. The molecule has 0 radical (unpaired) electrons. The highest BCUT2D eigenvalue weighted by molar-refractivity contribution is 5.93. The Bertz CT molecular complexity index is 1010. The van der Waals surface area contributed by atoms with E-state index in [1.807, 2.05) is 17.2 Å². The Hall–Kier alpha value is -3.16. The summed E-state index contributed by atoms with van der Waals surface area (Å²) >= 11 is 0. The third-order valence-electron chi connectivity index (χ3n) is 5.53. The monoisotopic (exact) mass is 364 g/mol. The fraction of sp³-hybridized carbons (Fsp3) is 0.368. The summed E-state index contributed by atoms with van der Waals surface area (Å²) in [4.78, 5) is 33.2. The minimum atomic E-state index is -0.186. The van der Waals surface area contributed by atoms with Gasteiger partial charge >= 0.3 is 0 Å². The van der Waals surface area contributed by atoms with E-state index in [-0.39, 0.29) is 17.3 Å². The largest absolute Gasteiger partial charge is 0.493 e. The second-order valence-electron chi connectivity index (χ2n) is 7.27. The standard InChI is InChI=1S/C19H20N6O2/c26-15-4-1-3-14(23-15)18(27)25-10-2-9-24(11-19(25)6-7-19)17-13-5-8-20-16(13)21-12-22-17/h1,3-5,8,12H,2,6-7,9-11H2,(H,23,26)(H,20,21,22). The number of rotatable bonds is 2. The number of fused-ring (bicyclic) bond motifs is 1. The van der Waals surface area contributed by atoms with Crippen LogP contribution < -0.4 is 4.90 Å². The molecule has 138 valence electrons. The number of aromatic amines is 1. The summed E-state index contributed by atoms with van der Waals surface area (Å²) in [7, 11) is 0. The van der Waals surface area contributed by atoms with Crippen LogP contribution in [-0.4, -0.2) is 61.0 Å². The van der Waals surface area contributed by atoms with Crippen molar-refractivity contribution in [1.29, 1.82) is 0 Å². The van der Waals surface area contributed by atoms with E-state index >= 15 is 0 Å². The molecule has 0 aromatic carbocycles. The maximum atomic E-state index is 13.1. The summed E-state index contributed by atoms with van der Waals surface area (Å²) in [5, 5.41) is 10.6. The van der Waals surface area contributed by atoms with Crippen LogP contribution in [0.2, 0.25) is 0 Å². The number of anilines is 1. The lowest BCUT2D eigenvalue weighted by Crippen LogP contribution is -2.47. The first-order chi connectivity index (χ1) is 13.2. The van der Waals surface area contributed by atoms with Crippen molar-refractivity contribution >= 4 is 22.8 Å². The van der Waals surface area contributed by atoms with Crippen molar-refractivity contribution in [2.75, 3.05) is 24.5 Å². The molecule has 8 heteroatoms. The second kappa shape index (κ2) is 5.94. The van der Waals surface area contributed by atoms with Crippen LogP contribution in [0.1, 0.15) is 29.8 Å². The summed E-state index contributed by atoms with van der Waals surface area (Å²) in [6.07, 6.45) is 6.24. The van der Waals surface area contributed by atoms with E-state index in [0.29, 0.717) is 12.2 Å². The van der Waals surface area contributed by atoms with Gasteiger partial charge in [0.05, 0.1) is 10.9 Å². The summed E-state index contributed by atoms with van der Waals surface area (Å²) in [6.45, 7) is 2.25. The number of carbonyl (C=O) groups excluding carboxylic acids is 1. The van der Waals surface area contributed by atoms with Crippen LogP contribution in [0.4, 0.5) is 5.82 Å². The van der Waals surface area contributed by atoms with Gasteiger partial charge in [-0.3, -0.25) is 4.79 Å². The van der Waals surface area contributed by atoms with E-state index in [2.05, 4.69) is 24.8 Å². The van der Waals surface area contributed by atoms with Crippen molar-refractivity contribution in [2.45, 2.75) is 24.8 Å². The average molecular weight is 364 g/mol. The predicted molar refractivity (Wildman–Crippen MR) is 99.6 cm³/mol. The molecule has 1 saturated heterocycles. The van der Waals surface area contributed by atoms with E-state index < -0.39 is 0 Å². The lowest BCUT2D eigenvalue weighted by molar-refractivity contribution is 0.0662. The van der Waals surface area contributed by atoms with Crippen LogP contribution >= 0.6 is 0 Å². The van der Waals surface area contributed by atoms with Gasteiger partial charge in [-0.25, -0.2) is 15.0 Å². The molecule has 3 aromatic heterocycles. The fourth-order valence-corrected chi connectivity index (χ4v) is 4.04. The highest BCUT2D eigenvalue weighted by Gasteiger charge is 2.52. The fourth-order valence-electron chi connectivity index (χ4n) is 4.04. The van der Waals surface area contributed by atoms with Crippen molar-refractivity contribution in [3.8, 4) is 5.88 Å². The van der Waals surface area contributed by atoms with Gasteiger partial charge in [0.25, 0.3) is 5.91 Å². The molecule has 0 atom stereocenters. The Balaban J connectivity index is 1.46. The van der Waals surface area contributed by atoms with Gasteiger partial charge in [-0.05, 0) is 31.4 Å². The number of pyridine rings is 1. The van der Waals surface area contributed by atoms with Crippen LogP contribution in [0, 0.1) is 0 Å². The zero-order valence-corrected chi connectivity index (χ0v) is 14.8. The van der Waals surface area contributed by atoms with Gasteiger partial charge in [0.15, 0.2) is 0 Å². The maximum absolute atomic E-state index is 13.1. The van der Waals surface area contributed by atoms with E-state index in [1.165, 1.54) is 6.07 Å². The molecule has 2 fully saturated rings. The lowest BCUT2D eigenvalue weighted by Gasteiger charge is -2.32. The highest BCUT2D eigenvalue weighted by atomic mass is 16.3. The molecule has 1 spiro atoms. The molecule has 3 aromatic rings. The number of hydrogen-bond acceptors (Lipinski definition) is 6. The normalized spacial score (nSPS) is 18.7. The van der Waals surface area contributed by atoms with E-state index in [1.54, 1.807) is 18.5 Å². The molecule has 5 rings (SSSR count). The first-order valence-corrected chi connectivity index (χ1v) is 9.17. The molecule has 1 aliphatic carbocycles. The van der Waals surface area contributed by atoms with Gasteiger partial charge in [0, 0.05) is 31.9 Å². The summed E-state index contributed by atoms with van der Waals surface area (Å²) in [5.74, 6) is 0.676. The minimum Gasteiger partial charge on any atom is -0.493 e. The highest BCUT2D eigenvalue weighted by Crippen LogP contribution is 2.45. The number of aromatic nitrogens is 4. The van der Waals surface area contributed by atoms with Crippen molar-refractivity contribution in [3.05, 3.63) is 42.5 Å². The molecule has 1 aliphatic heterocycles. The van der Waals surface area contributed by atoms with Crippen LogP contribution in [0.15, 0.2) is 36.8 Å². The van der Waals surface area contributed by atoms with E-state index in [4.69, 9.17) is 0 Å². The molecule has 27 heavy (non-hydrogen) atoms. The van der Waals surface area contributed by atoms with Crippen molar-refractivity contribution in [1.82, 2.24) is 24.8 Å². The minimum absolute atomic E-state index is 0.111. The quantitative estimate of drug-likeness (QED) is 0.721. The van der Waals surface area contributed by atoms with Crippen molar-refractivity contribution < 1.29 is 9.90 Å². The molecule has 2 N–H and O–H groups in total. The Morgan fingerprint density at radius 1 is 1.19 bits per heavy atom. The van der Waals surface area contributed by atoms with Crippen LogP contribution in [-0.2, 0) is 0 Å². The zero-order chi connectivity index (χ0) is 18.4. The van der Waals surface area contributed by atoms with Crippen LogP contribution in [0.3, 0.4) is 0 Å². The topological polar surface area (TPSA) is 98.2 Å². The Labute approximate surface area is 155 Å². The second-order valence-corrected chi connectivity index (χ2v) is 7.27. The smallest absolute Gasteiger partial charge is 0.273 e. The SMILES string of the molecule is O=C(c1cccc(O)n1)N1CCCN(c2ncnc3[nH]ccc23)CC12CC2. The zero-order valence-electron chi connectivity index (χ0n) is 14.8.